The third-order valence-electron chi connectivity index (χ3n) is 4.17. The lowest BCUT2D eigenvalue weighted by molar-refractivity contribution is 0.0927. The summed E-state index contributed by atoms with van der Waals surface area (Å²) in [6.07, 6.45) is 18.4. The second-order valence-corrected chi connectivity index (χ2v) is 5.49. The standard InChI is InChI=1S/C15H25O/c16-15-12-5-4-10-14(15)11-6-9-13-7-2-1-3-8-13/h6,9,11,13-16H,1-5,7-8,10,12H2/b11-6+. The SMILES string of the molecule is OC1CCCCC1/C=C/[CH]C1CCCCC1. The summed E-state index contributed by atoms with van der Waals surface area (Å²) in [5.74, 6) is 1.24. The molecule has 1 radical (unpaired) electrons. The van der Waals surface area contributed by atoms with Crippen LogP contribution in [0.5, 0.6) is 0 Å². The zero-order valence-electron chi connectivity index (χ0n) is 10.3. The van der Waals surface area contributed by atoms with Crippen molar-refractivity contribution >= 4 is 0 Å². The summed E-state index contributed by atoms with van der Waals surface area (Å²) >= 11 is 0. The molecule has 0 bridgehead atoms. The Balaban J connectivity index is 1.70. The van der Waals surface area contributed by atoms with Gasteiger partial charge in [-0.3, -0.25) is 0 Å². The van der Waals surface area contributed by atoms with Crippen LogP contribution in [-0.4, -0.2) is 11.2 Å². The van der Waals surface area contributed by atoms with Crippen molar-refractivity contribution in [2.45, 2.75) is 63.9 Å². The predicted molar refractivity (Wildman–Crippen MR) is 68.0 cm³/mol. The van der Waals surface area contributed by atoms with Gasteiger partial charge in [0.25, 0.3) is 0 Å². The molecule has 0 aromatic carbocycles. The van der Waals surface area contributed by atoms with Gasteiger partial charge in [-0.2, -0.15) is 0 Å². The summed E-state index contributed by atoms with van der Waals surface area (Å²) in [4.78, 5) is 0. The second-order valence-electron chi connectivity index (χ2n) is 5.49. The van der Waals surface area contributed by atoms with Crippen molar-refractivity contribution in [3.8, 4) is 0 Å². The van der Waals surface area contributed by atoms with Crippen molar-refractivity contribution in [1.82, 2.24) is 0 Å². The first-order valence-electron chi connectivity index (χ1n) is 7.06. The van der Waals surface area contributed by atoms with E-state index in [-0.39, 0.29) is 6.10 Å². The highest BCUT2D eigenvalue weighted by atomic mass is 16.3. The Hall–Kier alpha value is -0.300. The van der Waals surface area contributed by atoms with E-state index in [9.17, 15) is 5.11 Å². The summed E-state index contributed by atoms with van der Waals surface area (Å²) in [6.45, 7) is 0. The molecule has 0 saturated heterocycles. The van der Waals surface area contributed by atoms with E-state index in [1.165, 1.54) is 51.4 Å². The highest BCUT2D eigenvalue weighted by Gasteiger charge is 2.20. The lowest BCUT2D eigenvalue weighted by Crippen LogP contribution is -2.22. The fourth-order valence-electron chi connectivity index (χ4n) is 3.06. The molecule has 1 nitrogen and oxygen atoms in total. The maximum atomic E-state index is 9.84. The average Bonchev–Trinajstić information content (AvgIpc) is 2.33. The Morgan fingerprint density at radius 3 is 2.25 bits per heavy atom. The van der Waals surface area contributed by atoms with Crippen molar-refractivity contribution < 1.29 is 5.11 Å². The fraction of sp³-hybridized carbons (Fsp3) is 0.800. The number of aliphatic hydroxyl groups is 1. The molecule has 0 aromatic rings. The molecule has 0 aromatic heterocycles. The van der Waals surface area contributed by atoms with E-state index in [2.05, 4.69) is 18.6 Å². The molecule has 0 spiro atoms. The van der Waals surface area contributed by atoms with E-state index in [1.54, 1.807) is 0 Å². The highest BCUT2D eigenvalue weighted by Crippen LogP contribution is 2.28. The van der Waals surface area contributed by atoms with Crippen molar-refractivity contribution in [2.24, 2.45) is 11.8 Å². The minimum Gasteiger partial charge on any atom is -0.393 e. The third kappa shape index (κ3) is 3.62. The van der Waals surface area contributed by atoms with Crippen LogP contribution in [0.15, 0.2) is 12.2 Å². The highest BCUT2D eigenvalue weighted by molar-refractivity contribution is 5.03. The van der Waals surface area contributed by atoms with Gasteiger partial charge in [0.15, 0.2) is 0 Å². The minimum atomic E-state index is -0.0789. The summed E-state index contributed by atoms with van der Waals surface area (Å²) in [6, 6.07) is 0. The first-order chi connectivity index (χ1) is 7.86. The van der Waals surface area contributed by atoms with Crippen molar-refractivity contribution in [2.75, 3.05) is 0 Å². The molecule has 16 heavy (non-hydrogen) atoms. The number of hydrogen-bond acceptors (Lipinski definition) is 1. The fourth-order valence-corrected chi connectivity index (χ4v) is 3.06. The number of rotatable bonds is 3. The lowest BCUT2D eigenvalue weighted by Gasteiger charge is -2.25. The second kappa shape index (κ2) is 6.44. The van der Waals surface area contributed by atoms with E-state index in [4.69, 9.17) is 0 Å². The third-order valence-corrected chi connectivity index (χ3v) is 4.17. The number of hydrogen-bond donors (Lipinski definition) is 1. The molecule has 2 unspecified atom stereocenters. The summed E-state index contributed by atoms with van der Waals surface area (Å²) in [5, 5.41) is 9.84. The summed E-state index contributed by atoms with van der Waals surface area (Å²) in [7, 11) is 0. The van der Waals surface area contributed by atoms with E-state index < -0.39 is 0 Å². The molecule has 2 aliphatic rings. The van der Waals surface area contributed by atoms with Crippen LogP contribution < -0.4 is 0 Å². The number of aliphatic hydroxyl groups excluding tert-OH is 1. The van der Waals surface area contributed by atoms with Crippen molar-refractivity contribution in [1.29, 1.82) is 0 Å². The van der Waals surface area contributed by atoms with Gasteiger partial charge in [-0.05, 0) is 38.0 Å². The molecule has 1 N–H and O–H groups in total. The average molecular weight is 221 g/mol. The topological polar surface area (TPSA) is 20.2 Å². The maximum Gasteiger partial charge on any atom is 0.0602 e. The van der Waals surface area contributed by atoms with Gasteiger partial charge in [0.05, 0.1) is 6.10 Å². The Bertz CT molecular complexity index is 215. The van der Waals surface area contributed by atoms with Crippen LogP contribution in [0.25, 0.3) is 0 Å². The van der Waals surface area contributed by atoms with Crippen molar-refractivity contribution in [3.05, 3.63) is 18.6 Å². The molecule has 1 heteroatoms. The summed E-state index contributed by atoms with van der Waals surface area (Å²) in [5.41, 5.74) is 0. The van der Waals surface area contributed by atoms with Crippen LogP contribution in [0.1, 0.15) is 57.8 Å². The van der Waals surface area contributed by atoms with Gasteiger partial charge in [0.1, 0.15) is 0 Å². The monoisotopic (exact) mass is 221 g/mol. The largest absolute Gasteiger partial charge is 0.393 e. The normalized spacial score (nSPS) is 33.3. The molecule has 91 valence electrons. The molecule has 0 amide bonds. The number of allylic oxidation sites excluding steroid dienone is 1. The van der Waals surface area contributed by atoms with Gasteiger partial charge in [-0.25, -0.2) is 0 Å². The van der Waals surface area contributed by atoms with Gasteiger partial charge in [-0.1, -0.05) is 44.3 Å². The van der Waals surface area contributed by atoms with Crippen LogP contribution in [-0.2, 0) is 0 Å². The maximum absolute atomic E-state index is 9.84. The lowest BCUT2D eigenvalue weighted by atomic mass is 9.84. The van der Waals surface area contributed by atoms with Crippen LogP contribution >= 0.6 is 0 Å². The predicted octanol–water partition coefficient (Wildman–Crippen LogP) is 3.88. The zero-order valence-corrected chi connectivity index (χ0v) is 10.3. The smallest absolute Gasteiger partial charge is 0.0602 e. The van der Waals surface area contributed by atoms with Gasteiger partial charge >= 0.3 is 0 Å². The van der Waals surface area contributed by atoms with Crippen LogP contribution in [0, 0.1) is 18.3 Å². The molecular weight excluding hydrogens is 196 g/mol. The van der Waals surface area contributed by atoms with Gasteiger partial charge in [-0.15, -0.1) is 0 Å². The molecule has 0 aliphatic heterocycles. The van der Waals surface area contributed by atoms with E-state index in [0.29, 0.717) is 5.92 Å². The Kier molecular flexibility index (Phi) is 4.90. The molecule has 2 fully saturated rings. The van der Waals surface area contributed by atoms with Gasteiger partial charge in [0.2, 0.25) is 0 Å². The molecule has 2 rings (SSSR count). The molecule has 0 heterocycles. The quantitative estimate of drug-likeness (QED) is 0.767. The van der Waals surface area contributed by atoms with Crippen LogP contribution in [0.4, 0.5) is 0 Å². The van der Waals surface area contributed by atoms with Gasteiger partial charge in [0, 0.05) is 5.92 Å². The Morgan fingerprint density at radius 1 is 0.812 bits per heavy atom. The molecule has 2 aliphatic carbocycles. The first kappa shape index (κ1) is 12.2. The van der Waals surface area contributed by atoms with E-state index in [1.807, 2.05) is 0 Å². The zero-order chi connectivity index (χ0) is 11.2. The van der Waals surface area contributed by atoms with E-state index >= 15 is 0 Å². The Morgan fingerprint density at radius 2 is 1.50 bits per heavy atom. The molecule has 2 atom stereocenters. The van der Waals surface area contributed by atoms with Crippen LogP contribution in [0.2, 0.25) is 0 Å². The van der Waals surface area contributed by atoms with Crippen LogP contribution in [0.3, 0.4) is 0 Å². The Labute approximate surface area is 99.9 Å². The minimum absolute atomic E-state index is 0.0789. The van der Waals surface area contributed by atoms with Crippen molar-refractivity contribution in [3.63, 3.8) is 0 Å². The first-order valence-corrected chi connectivity index (χ1v) is 7.06. The molecule has 2 saturated carbocycles. The molecular formula is C15H25O. The van der Waals surface area contributed by atoms with Gasteiger partial charge < -0.3 is 5.11 Å². The van der Waals surface area contributed by atoms with E-state index in [0.717, 1.165) is 12.3 Å². The summed E-state index contributed by atoms with van der Waals surface area (Å²) < 4.78 is 0.